The molecule has 2 N–H and O–H groups in total. The Morgan fingerprint density at radius 1 is 0.703 bits per heavy atom. The van der Waals surface area contributed by atoms with Gasteiger partial charge in [0.1, 0.15) is 11.0 Å². The van der Waals surface area contributed by atoms with Crippen molar-refractivity contribution in [3.05, 3.63) is 120 Å². The van der Waals surface area contributed by atoms with Crippen molar-refractivity contribution in [1.82, 2.24) is 0 Å². The quantitative estimate of drug-likeness (QED) is 0.195. The molecular weight excluding hydrogens is 484 g/mol. The van der Waals surface area contributed by atoms with Gasteiger partial charge in [0.15, 0.2) is 5.78 Å². The molecule has 4 rings (SSSR count). The predicted octanol–water partition coefficient (Wildman–Crippen LogP) is 6.62. The Balaban J connectivity index is 1.46. The number of hydrogen-bond acceptors (Lipinski definition) is 5. The van der Waals surface area contributed by atoms with Crippen molar-refractivity contribution in [2.24, 2.45) is 0 Å². The largest absolute Gasteiger partial charge is 0.497 e. The van der Waals surface area contributed by atoms with Crippen molar-refractivity contribution in [3.63, 3.8) is 0 Å². The second-order valence-corrected chi connectivity index (χ2v) is 9.42. The van der Waals surface area contributed by atoms with Crippen LogP contribution in [0.25, 0.3) is 0 Å². The Kier molecular flexibility index (Phi) is 8.38. The monoisotopic (exact) mass is 510 g/mol. The predicted molar refractivity (Wildman–Crippen MR) is 148 cm³/mol. The SMILES string of the molecule is COc1ccc(C(=O)Nc2ccc(SC(C(=O)Nc3ccc(C(C)=O)cc3)c3ccccc3)cc2)cc1. The maximum Gasteiger partial charge on any atom is 0.255 e. The van der Waals surface area contributed by atoms with Gasteiger partial charge in [-0.25, -0.2) is 0 Å². The summed E-state index contributed by atoms with van der Waals surface area (Å²) in [6.45, 7) is 1.51. The van der Waals surface area contributed by atoms with E-state index >= 15 is 0 Å². The summed E-state index contributed by atoms with van der Waals surface area (Å²) in [6, 6.07) is 30.6. The lowest BCUT2D eigenvalue weighted by Gasteiger charge is -2.17. The Morgan fingerprint density at radius 2 is 1.27 bits per heavy atom. The molecule has 6 nitrogen and oxygen atoms in total. The topological polar surface area (TPSA) is 84.5 Å². The summed E-state index contributed by atoms with van der Waals surface area (Å²) >= 11 is 1.41. The number of anilines is 2. The van der Waals surface area contributed by atoms with Crippen LogP contribution in [0.4, 0.5) is 11.4 Å². The number of hydrogen-bond donors (Lipinski definition) is 2. The third-order valence-electron chi connectivity index (χ3n) is 5.62. The molecule has 0 aromatic heterocycles. The van der Waals surface area contributed by atoms with E-state index in [9.17, 15) is 14.4 Å². The molecule has 186 valence electrons. The van der Waals surface area contributed by atoms with Crippen LogP contribution >= 0.6 is 11.8 Å². The highest BCUT2D eigenvalue weighted by Crippen LogP contribution is 2.36. The summed E-state index contributed by atoms with van der Waals surface area (Å²) < 4.78 is 5.13. The molecule has 4 aromatic rings. The molecule has 1 atom stereocenters. The summed E-state index contributed by atoms with van der Waals surface area (Å²) in [7, 11) is 1.58. The zero-order valence-corrected chi connectivity index (χ0v) is 21.3. The molecule has 0 saturated carbocycles. The summed E-state index contributed by atoms with van der Waals surface area (Å²) in [5, 5.41) is 5.33. The fourth-order valence-corrected chi connectivity index (χ4v) is 4.62. The summed E-state index contributed by atoms with van der Waals surface area (Å²) in [6.07, 6.45) is 0. The third kappa shape index (κ3) is 6.86. The van der Waals surface area contributed by atoms with Crippen LogP contribution in [0.15, 0.2) is 108 Å². The van der Waals surface area contributed by atoms with Crippen LogP contribution in [0, 0.1) is 0 Å². The van der Waals surface area contributed by atoms with Gasteiger partial charge in [-0.15, -0.1) is 11.8 Å². The maximum absolute atomic E-state index is 13.3. The molecule has 37 heavy (non-hydrogen) atoms. The maximum atomic E-state index is 13.3. The van der Waals surface area contributed by atoms with Crippen molar-refractivity contribution in [3.8, 4) is 5.75 Å². The van der Waals surface area contributed by atoms with E-state index in [0.29, 0.717) is 28.3 Å². The van der Waals surface area contributed by atoms with Gasteiger partial charge in [-0.3, -0.25) is 14.4 Å². The highest BCUT2D eigenvalue weighted by Gasteiger charge is 2.22. The van der Waals surface area contributed by atoms with E-state index in [2.05, 4.69) is 10.6 Å². The number of Topliss-reactive ketones (excluding diaryl/α,β-unsaturated/α-hetero) is 1. The first-order valence-corrected chi connectivity index (χ1v) is 12.5. The molecule has 0 heterocycles. The van der Waals surface area contributed by atoms with E-state index in [0.717, 1.165) is 10.5 Å². The normalized spacial score (nSPS) is 11.3. The Hall–Kier alpha value is -4.36. The van der Waals surface area contributed by atoms with E-state index < -0.39 is 5.25 Å². The van der Waals surface area contributed by atoms with E-state index in [1.807, 2.05) is 54.6 Å². The number of ether oxygens (including phenoxy) is 1. The van der Waals surface area contributed by atoms with E-state index in [1.165, 1.54) is 18.7 Å². The Morgan fingerprint density at radius 3 is 1.86 bits per heavy atom. The van der Waals surface area contributed by atoms with E-state index in [1.54, 1.807) is 55.6 Å². The van der Waals surface area contributed by atoms with Crippen molar-refractivity contribution >= 4 is 40.7 Å². The van der Waals surface area contributed by atoms with Crippen LogP contribution < -0.4 is 15.4 Å². The van der Waals surface area contributed by atoms with Crippen molar-refractivity contribution in [2.75, 3.05) is 17.7 Å². The average molecular weight is 511 g/mol. The zero-order valence-electron chi connectivity index (χ0n) is 20.4. The summed E-state index contributed by atoms with van der Waals surface area (Å²) in [5.74, 6) is 0.256. The molecule has 0 fully saturated rings. The van der Waals surface area contributed by atoms with Gasteiger partial charge in [0.25, 0.3) is 5.91 Å². The molecule has 0 aliphatic carbocycles. The van der Waals surface area contributed by atoms with Crippen molar-refractivity contribution in [2.45, 2.75) is 17.1 Å². The Bertz CT molecular complexity index is 1370. The van der Waals surface area contributed by atoms with Crippen molar-refractivity contribution < 1.29 is 19.1 Å². The molecule has 2 amide bonds. The van der Waals surface area contributed by atoms with Gasteiger partial charge in [-0.2, -0.15) is 0 Å². The number of benzene rings is 4. The zero-order chi connectivity index (χ0) is 26.2. The molecule has 0 aliphatic heterocycles. The molecule has 0 radical (unpaired) electrons. The number of rotatable bonds is 9. The van der Waals surface area contributed by atoms with E-state index in [-0.39, 0.29) is 17.6 Å². The lowest BCUT2D eigenvalue weighted by molar-refractivity contribution is -0.115. The minimum atomic E-state index is -0.506. The standard InChI is InChI=1S/C30H26N2O4S/c1-20(33)21-8-12-24(13-9-21)32-30(35)28(22-6-4-3-5-7-22)37-27-18-14-25(15-19-27)31-29(34)23-10-16-26(36-2)17-11-23/h3-19,28H,1-2H3,(H,31,34)(H,32,35). The minimum absolute atomic E-state index is 0.0285. The number of nitrogens with one attached hydrogen (secondary N) is 2. The summed E-state index contributed by atoms with van der Waals surface area (Å²) in [4.78, 5) is 38.2. The Labute approximate surface area is 220 Å². The highest BCUT2D eigenvalue weighted by molar-refractivity contribution is 8.00. The fraction of sp³-hybridized carbons (Fsp3) is 0.100. The van der Waals surface area contributed by atoms with Crippen LogP contribution in [-0.4, -0.2) is 24.7 Å². The second-order valence-electron chi connectivity index (χ2n) is 8.24. The van der Waals surface area contributed by atoms with Gasteiger partial charge >= 0.3 is 0 Å². The first kappa shape index (κ1) is 25.7. The molecular formula is C30H26N2O4S. The van der Waals surface area contributed by atoms with Crippen molar-refractivity contribution in [1.29, 1.82) is 0 Å². The van der Waals surface area contributed by atoms with Crippen LogP contribution in [0.5, 0.6) is 5.75 Å². The molecule has 4 aromatic carbocycles. The van der Waals surface area contributed by atoms with Crippen LogP contribution in [0.2, 0.25) is 0 Å². The fourth-order valence-electron chi connectivity index (χ4n) is 3.60. The van der Waals surface area contributed by atoms with Gasteiger partial charge in [-0.05, 0) is 85.3 Å². The van der Waals surface area contributed by atoms with Gasteiger partial charge in [0.2, 0.25) is 5.91 Å². The smallest absolute Gasteiger partial charge is 0.255 e. The first-order chi connectivity index (χ1) is 17.9. The summed E-state index contributed by atoms with van der Waals surface area (Å²) in [5.41, 5.74) is 3.24. The van der Waals surface area contributed by atoms with E-state index in [4.69, 9.17) is 4.74 Å². The minimum Gasteiger partial charge on any atom is -0.497 e. The lowest BCUT2D eigenvalue weighted by atomic mass is 10.1. The molecule has 0 saturated heterocycles. The van der Waals surface area contributed by atoms with Crippen LogP contribution in [0.3, 0.4) is 0 Å². The van der Waals surface area contributed by atoms with Gasteiger partial charge in [-0.1, -0.05) is 30.3 Å². The van der Waals surface area contributed by atoms with Crippen LogP contribution in [-0.2, 0) is 4.79 Å². The second kappa shape index (κ2) is 12.1. The van der Waals surface area contributed by atoms with Gasteiger partial charge < -0.3 is 15.4 Å². The van der Waals surface area contributed by atoms with Crippen LogP contribution in [0.1, 0.15) is 38.5 Å². The highest BCUT2D eigenvalue weighted by atomic mass is 32.2. The van der Waals surface area contributed by atoms with Gasteiger partial charge in [0.05, 0.1) is 7.11 Å². The number of ketones is 1. The molecule has 0 bridgehead atoms. The average Bonchev–Trinajstić information content (AvgIpc) is 2.93. The number of thioether (sulfide) groups is 1. The third-order valence-corrected chi connectivity index (χ3v) is 6.88. The molecule has 0 spiro atoms. The molecule has 1 unspecified atom stereocenters. The molecule has 0 aliphatic rings. The van der Waals surface area contributed by atoms with Gasteiger partial charge in [0, 0.05) is 27.4 Å². The molecule has 7 heteroatoms. The lowest BCUT2D eigenvalue weighted by Crippen LogP contribution is -2.19. The first-order valence-electron chi connectivity index (χ1n) is 11.6. The number of carbonyl (C=O) groups is 3. The number of methoxy groups -OCH3 is 1. The number of amides is 2. The number of carbonyl (C=O) groups excluding carboxylic acids is 3.